The highest BCUT2D eigenvalue weighted by Crippen LogP contribution is 2.22. The van der Waals surface area contributed by atoms with E-state index >= 15 is 0 Å². The topological polar surface area (TPSA) is 83.7 Å². The van der Waals surface area contributed by atoms with Crippen molar-refractivity contribution in [3.63, 3.8) is 0 Å². The number of amides is 1. The molecule has 0 heterocycles. The van der Waals surface area contributed by atoms with Crippen LogP contribution in [0.4, 0.5) is 5.69 Å². The molecule has 0 aliphatic rings. The van der Waals surface area contributed by atoms with Crippen LogP contribution < -0.4 is 0 Å². The van der Waals surface area contributed by atoms with E-state index in [4.69, 9.17) is 5.11 Å². The number of benzene rings is 1. The van der Waals surface area contributed by atoms with E-state index in [1.807, 2.05) is 6.92 Å². The highest BCUT2D eigenvalue weighted by Gasteiger charge is 2.21. The van der Waals surface area contributed by atoms with Crippen molar-refractivity contribution in [1.82, 2.24) is 4.90 Å². The monoisotopic (exact) mass is 266 g/mol. The minimum atomic E-state index is -0.490. The van der Waals surface area contributed by atoms with E-state index < -0.39 is 4.92 Å². The number of carbonyl (C=O) groups excluding carboxylic acids is 1. The molecular weight excluding hydrogens is 248 g/mol. The predicted molar refractivity (Wildman–Crippen MR) is 71.1 cm³/mol. The van der Waals surface area contributed by atoms with Crippen LogP contribution in [0.5, 0.6) is 0 Å². The minimum absolute atomic E-state index is 0.0116. The Hall–Kier alpha value is -1.95. The molecule has 1 aromatic carbocycles. The van der Waals surface area contributed by atoms with Gasteiger partial charge in [-0.2, -0.15) is 0 Å². The quantitative estimate of drug-likeness (QED) is 0.628. The van der Waals surface area contributed by atoms with Gasteiger partial charge in [-0.1, -0.05) is 6.07 Å². The van der Waals surface area contributed by atoms with E-state index in [-0.39, 0.29) is 18.2 Å². The SMILES string of the molecule is CCN(CCCO)C(=O)c1cccc([N+](=O)[O-])c1C. The van der Waals surface area contributed by atoms with E-state index in [0.717, 1.165) is 0 Å². The molecule has 1 aromatic rings. The van der Waals surface area contributed by atoms with Gasteiger partial charge in [0.15, 0.2) is 0 Å². The Morgan fingerprint density at radius 1 is 1.47 bits per heavy atom. The third kappa shape index (κ3) is 3.51. The molecule has 0 atom stereocenters. The Kier molecular flexibility index (Phi) is 5.44. The molecule has 1 N–H and O–H groups in total. The molecule has 0 aliphatic heterocycles. The van der Waals surface area contributed by atoms with Crippen LogP contribution >= 0.6 is 0 Å². The Labute approximate surface area is 111 Å². The highest BCUT2D eigenvalue weighted by molar-refractivity contribution is 5.96. The van der Waals surface area contributed by atoms with Crippen molar-refractivity contribution in [2.45, 2.75) is 20.3 Å². The standard InChI is InChI=1S/C13H18N2O4/c1-3-14(8-5-9-16)13(17)11-6-4-7-12(10(11)2)15(18)19/h4,6-7,16H,3,5,8-9H2,1-2H3. The van der Waals surface area contributed by atoms with Gasteiger partial charge in [-0.3, -0.25) is 14.9 Å². The number of hydrogen-bond acceptors (Lipinski definition) is 4. The van der Waals surface area contributed by atoms with Crippen LogP contribution in [-0.4, -0.2) is 40.5 Å². The molecule has 0 aromatic heterocycles. The van der Waals surface area contributed by atoms with Gasteiger partial charge in [0.05, 0.1) is 4.92 Å². The molecule has 0 unspecified atom stereocenters. The summed E-state index contributed by atoms with van der Waals surface area (Å²) in [6.45, 7) is 4.36. The Balaban J connectivity index is 3.04. The summed E-state index contributed by atoms with van der Waals surface area (Å²) in [6, 6.07) is 4.49. The van der Waals surface area contributed by atoms with Gasteiger partial charge in [-0.05, 0) is 26.3 Å². The second-order valence-corrected chi connectivity index (χ2v) is 4.17. The van der Waals surface area contributed by atoms with E-state index in [1.54, 1.807) is 17.9 Å². The predicted octanol–water partition coefficient (Wildman–Crippen LogP) is 1.75. The molecule has 0 saturated carbocycles. The van der Waals surface area contributed by atoms with Crippen LogP contribution in [0.1, 0.15) is 29.3 Å². The first-order chi connectivity index (χ1) is 9.02. The summed E-state index contributed by atoms with van der Waals surface area (Å²) in [6.07, 6.45) is 0.494. The summed E-state index contributed by atoms with van der Waals surface area (Å²) in [5, 5.41) is 19.7. The molecule has 0 bridgehead atoms. The lowest BCUT2D eigenvalue weighted by Crippen LogP contribution is -2.32. The maximum atomic E-state index is 12.3. The van der Waals surface area contributed by atoms with Gasteiger partial charge in [-0.25, -0.2) is 0 Å². The lowest BCUT2D eigenvalue weighted by Gasteiger charge is -2.21. The zero-order valence-electron chi connectivity index (χ0n) is 11.1. The van der Waals surface area contributed by atoms with Crippen molar-refractivity contribution >= 4 is 11.6 Å². The van der Waals surface area contributed by atoms with Gasteiger partial charge in [0.25, 0.3) is 11.6 Å². The first kappa shape index (κ1) is 15.1. The van der Waals surface area contributed by atoms with Gasteiger partial charge in [0.2, 0.25) is 0 Å². The smallest absolute Gasteiger partial charge is 0.273 e. The van der Waals surface area contributed by atoms with Crippen molar-refractivity contribution in [2.24, 2.45) is 0 Å². The molecular formula is C13H18N2O4. The van der Waals surface area contributed by atoms with Crippen molar-refractivity contribution < 1.29 is 14.8 Å². The average Bonchev–Trinajstić information content (AvgIpc) is 2.39. The van der Waals surface area contributed by atoms with Gasteiger partial charge < -0.3 is 10.0 Å². The van der Waals surface area contributed by atoms with E-state index in [9.17, 15) is 14.9 Å². The van der Waals surface area contributed by atoms with Crippen LogP contribution in [-0.2, 0) is 0 Å². The number of nitro benzene ring substituents is 1. The first-order valence-electron chi connectivity index (χ1n) is 6.17. The maximum Gasteiger partial charge on any atom is 0.273 e. The van der Waals surface area contributed by atoms with E-state index in [0.29, 0.717) is 30.6 Å². The van der Waals surface area contributed by atoms with Crippen LogP contribution in [0.25, 0.3) is 0 Å². The number of aliphatic hydroxyl groups excluding tert-OH is 1. The zero-order chi connectivity index (χ0) is 14.4. The fourth-order valence-corrected chi connectivity index (χ4v) is 1.89. The van der Waals surface area contributed by atoms with Gasteiger partial charge in [0, 0.05) is 36.9 Å². The molecule has 0 saturated heterocycles. The number of hydrogen-bond donors (Lipinski definition) is 1. The van der Waals surface area contributed by atoms with Gasteiger partial charge >= 0.3 is 0 Å². The van der Waals surface area contributed by atoms with Crippen LogP contribution in [0.2, 0.25) is 0 Å². The number of rotatable bonds is 6. The van der Waals surface area contributed by atoms with Crippen molar-refractivity contribution in [3.05, 3.63) is 39.4 Å². The summed E-state index contributed by atoms with van der Waals surface area (Å²) >= 11 is 0. The van der Waals surface area contributed by atoms with E-state index in [2.05, 4.69) is 0 Å². The fourth-order valence-electron chi connectivity index (χ4n) is 1.89. The van der Waals surface area contributed by atoms with Crippen molar-refractivity contribution in [1.29, 1.82) is 0 Å². The molecule has 1 amide bonds. The Bertz CT molecular complexity index is 474. The molecule has 6 nitrogen and oxygen atoms in total. The summed E-state index contributed by atoms with van der Waals surface area (Å²) in [5.74, 6) is -0.239. The van der Waals surface area contributed by atoms with Crippen LogP contribution in [0.15, 0.2) is 18.2 Å². The van der Waals surface area contributed by atoms with Crippen LogP contribution in [0, 0.1) is 17.0 Å². The lowest BCUT2D eigenvalue weighted by molar-refractivity contribution is -0.385. The third-order valence-electron chi connectivity index (χ3n) is 2.99. The number of aliphatic hydroxyl groups is 1. The first-order valence-corrected chi connectivity index (χ1v) is 6.17. The normalized spacial score (nSPS) is 10.3. The van der Waals surface area contributed by atoms with Gasteiger partial charge in [-0.15, -0.1) is 0 Å². The van der Waals surface area contributed by atoms with E-state index in [1.165, 1.54) is 12.1 Å². The lowest BCUT2D eigenvalue weighted by atomic mass is 10.1. The largest absolute Gasteiger partial charge is 0.396 e. The fraction of sp³-hybridized carbons (Fsp3) is 0.462. The van der Waals surface area contributed by atoms with Crippen molar-refractivity contribution in [3.8, 4) is 0 Å². The molecule has 0 aliphatic carbocycles. The molecule has 0 spiro atoms. The summed E-state index contributed by atoms with van der Waals surface area (Å²) in [4.78, 5) is 24.2. The second-order valence-electron chi connectivity index (χ2n) is 4.17. The average molecular weight is 266 g/mol. The summed E-state index contributed by atoms with van der Waals surface area (Å²) in [7, 11) is 0. The summed E-state index contributed by atoms with van der Waals surface area (Å²) < 4.78 is 0. The molecule has 0 radical (unpaired) electrons. The highest BCUT2D eigenvalue weighted by atomic mass is 16.6. The molecule has 6 heteroatoms. The number of nitro groups is 1. The summed E-state index contributed by atoms with van der Waals surface area (Å²) in [5.41, 5.74) is 0.665. The molecule has 104 valence electrons. The Morgan fingerprint density at radius 3 is 2.68 bits per heavy atom. The molecule has 1 rings (SSSR count). The molecule has 19 heavy (non-hydrogen) atoms. The number of carbonyl (C=O) groups is 1. The molecule has 0 fully saturated rings. The van der Waals surface area contributed by atoms with Gasteiger partial charge in [0.1, 0.15) is 0 Å². The third-order valence-corrected chi connectivity index (χ3v) is 2.99. The zero-order valence-corrected chi connectivity index (χ0v) is 11.1. The van der Waals surface area contributed by atoms with Crippen molar-refractivity contribution in [2.75, 3.05) is 19.7 Å². The minimum Gasteiger partial charge on any atom is -0.396 e. The number of nitrogens with zero attached hydrogens (tertiary/aromatic N) is 2. The Morgan fingerprint density at radius 2 is 2.16 bits per heavy atom. The van der Waals surface area contributed by atoms with Crippen LogP contribution in [0.3, 0.4) is 0 Å². The maximum absolute atomic E-state index is 12.3. The second kappa shape index (κ2) is 6.84.